The summed E-state index contributed by atoms with van der Waals surface area (Å²) >= 11 is 0. The average molecular weight is 262 g/mol. The molecule has 0 nitrogen and oxygen atoms in total. The number of allylic oxidation sites excluding steroid dienone is 2. The summed E-state index contributed by atoms with van der Waals surface area (Å²) in [6.45, 7) is 9.77. The number of hydrogen-bond donors (Lipinski definition) is 0. The molecule has 0 aromatic heterocycles. The van der Waals surface area contributed by atoms with E-state index in [1.165, 1.54) is 44.9 Å². The molecule has 0 bridgehead atoms. The first-order valence-corrected chi connectivity index (χ1v) is 8.78. The van der Waals surface area contributed by atoms with Crippen molar-refractivity contribution >= 4 is 0 Å². The molecule has 6 atom stereocenters. The van der Waals surface area contributed by atoms with Crippen LogP contribution in [0.3, 0.4) is 0 Å². The molecule has 19 heavy (non-hydrogen) atoms. The smallest absolute Gasteiger partial charge is 0.0174 e. The summed E-state index contributed by atoms with van der Waals surface area (Å²) in [5.74, 6) is 5.57. The number of rotatable bonds is 2. The highest BCUT2D eigenvalue weighted by atomic mass is 14.4. The molecule has 2 fully saturated rings. The van der Waals surface area contributed by atoms with E-state index in [1.807, 2.05) is 0 Å². The maximum Gasteiger partial charge on any atom is -0.0174 e. The first-order chi connectivity index (χ1) is 9.15. The molecule has 0 aromatic carbocycles. The fourth-order valence-electron chi connectivity index (χ4n) is 5.01. The zero-order valence-corrected chi connectivity index (χ0v) is 13.6. The van der Waals surface area contributed by atoms with Gasteiger partial charge in [0.25, 0.3) is 0 Å². The first-order valence-electron chi connectivity index (χ1n) is 8.78. The predicted molar refractivity (Wildman–Crippen MR) is 85.1 cm³/mol. The third-order valence-electron chi connectivity index (χ3n) is 6.17. The van der Waals surface area contributed by atoms with E-state index in [-0.39, 0.29) is 0 Å². The van der Waals surface area contributed by atoms with Gasteiger partial charge in [-0.15, -0.1) is 0 Å². The van der Waals surface area contributed by atoms with Crippen molar-refractivity contribution in [2.24, 2.45) is 35.5 Å². The molecule has 0 radical (unpaired) electrons. The highest BCUT2D eigenvalue weighted by Crippen LogP contribution is 2.48. The Morgan fingerprint density at radius 3 is 2.16 bits per heavy atom. The molecule has 0 aliphatic heterocycles. The van der Waals surface area contributed by atoms with E-state index in [9.17, 15) is 0 Å². The van der Waals surface area contributed by atoms with Crippen LogP contribution in [0, 0.1) is 35.5 Å². The van der Waals surface area contributed by atoms with Crippen LogP contribution in [0.5, 0.6) is 0 Å². The van der Waals surface area contributed by atoms with Gasteiger partial charge in [0, 0.05) is 0 Å². The van der Waals surface area contributed by atoms with Crippen LogP contribution >= 0.6 is 0 Å². The van der Waals surface area contributed by atoms with Crippen LogP contribution in [0.25, 0.3) is 0 Å². The van der Waals surface area contributed by atoms with Gasteiger partial charge in [-0.25, -0.2) is 0 Å². The fraction of sp³-hybridized carbons (Fsp3) is 0.895. The topological polar surface area (TPSA) is 0 Å². The van der Waals surface area contributed by atoms with Crippen LogP contribution in [0.15, 0.2) is 12.2 Å². The lowest BCUT2D eigenvalue weighted by molar-refractivity contribution is 0.0563. The van der Waals surface area contributed by atoms with E-state index >= 15 is 0 Å². The minimum absolute atomic E-state index is 0.847. The maximum absolute atomic E-state index is 2.54. The van der Waals surface area contributed by atoms with Gasteiger partial charge in [0.05, 0.1) is 0 Å². The molecule has 0 N–H and O–H groups in total. The van der Waals surface area contributed by atoms with Crippen molar-refractivity contribution in [3.8, 4) is 0 Å². The van der Waals surface area contributed by atoms with Crippen LogP contribution in [-0.4, -0.2) is 0 Å². The lowest BCUT2D eigenvalue weighted by atomic mass is 9.60. The second-order valence-electron chi connectivity index (χ2n) is 7.49. The van der Waals surface area contributed by atoms with Crippen molar-refractivity contribution in [1.82, 2.24) is 0 Å². The molecule has 6 unspecified atom stereocenters. The molecule has 0 saturated heterocycles. The van der Waals surface area contributed by atoms with E-state index in [1.54, 1.807) is 0 Å². The van der Waals surface area contributed by atoms with E-state index < -0.39 is 0 Å². The molecular weight excluding hydrogens is 228 g/mol. The molecule has 110 valence electrons. The molecular formula is C19H34. The minimum Gasteiger partial charge on any atom is -0.0914 e. The van der Waals surface area contributed by atoms with Gasteiger partial charge in [0.15, 0.2) is 0 Å². The van der Waals surface area contributed by atoms with Gasteiger partial charge < -0.3 is 0 Å². The minimum atomic E-state index is 0.847. The van der Waals surface area contributed by atoms with Crippen molar-refractivity contribution in [2.45, 2.75) is 72.6 Å². The van der Waals surface area contributed by atoms with Gasteiger partial charge >= 0.3 is 0 Å². The largest absolute Gasteiger partial charge is 0.0914 e. The van der Waals surface area contributed by atoms with Gasteiger partial charge in [0.1, 0.15) is 0 Å². The highest BCUT2D eigenvalue weighted by Gasteiger charge is 2.40. The van der Waals surface area contributed by atoms with Crippen LogP contribution in [0.2, 0.25) is 0 Å². The molecule has 0 heteroatoms. The predicted octanol–water partition coefficient (Wildman–Crippen LogP) is 6.08. The summed E-state index contributed by atoms with van der Waals surface area (Å²) in [7, 11) is 0. The highest BCUT2D eigenvalue weighted by molar-refractivity contribution is 4.99. The van der Waals surface area contributed by atoms with Gasteiger partial charge in [-0.1, -0.05) is 65.0 Å². The van der Waals surface area contributed by atoms with Crippen molar-refractivity contribution in [2.75, 3.05) is 0 Å². The van der Waals surface area contributed by atoms with E-state index in [4.69, 9.17) is 0 Å². The first kappa shape index (κ1) is 15.1. The van der Waals surface area contributed by atoms with E-state index in [0.29, 0.717) is 0 Å². The van der Waals surface area contributed by atoms with Crippen molar-refractivity contribution in [3.05, 3.63) is 12.2 Å². The van der Waals surface area contributed by atoms with Crippen molar-refractivity contribution < 1.29 is 0 Å². The van der Waals surface area contributed by atoms with Gasteiger partial charge in [-0.05, 0) is 55.3 Å². The Morgan fingerprint density at radius 1 is 0.737 bits per heavy atom. The molecule has 2 aliphatic carbocycles. The summed E-state index contributed by atoms with van der Waals surface area (Å²) in [5, 5.41) is 0. The Kier molecular flexibility index (Phi) is 5.54. The lowest BCUT2D eigenvalue weighted by Gasteiger charge is -2.45. The van der Waals surface area contributed by atoms with Crippen molar-refractivity contribution in [1.29, 1.82) is 0 Å². The normalized spacial score (nSPS) is 45.3. The van der Waals surface area contributed by atoms with Gasteiger partial charge in [-0.2, -0.15) is 0 Å². The zero-order chi connectivity index (χ0) is 13.8. The molecule has 2 aliphatic rings. The van der Waals surface area contributed by atoms with Crippen LogP contribution in [-0.2, 0) is 0 Å². The number of hydrogen-bond acceptors (Lipinski definition) is 0. The average Bonchev–Trinajstić information content (AvgIpc) is 2.60. The Morgan fingerprint density at radius 2 is 1.42 bits per heavy atom. The maximum atomic E-state index is 2.54. The molecule has 2 rings (SSSR count). The Hall–Kier alpha value is -0.260. The Bertz CT molecular complexity index is 290. The zero-order valence-electron chi connectivity index (χ0n) is 13.6. The summed E-state index contributed by atoms with van der Waals surface area (Å²) < 4.78 is 0. The van der Waals surface area contributed by atoms with Crippen LogP contribution in [0.4, 0.5) is 0 Å². The quantitative estimate of drug-likeness (QED) is 0.418. The third kappa shape index (κ3) is 3.44. The van der Waals surface area contributed by atoms with E-state index in [2.05, 4.69) is 39.8 Å². The summed E-state index contributed by atoms with van der Waals surface area (Å²) in [4.78, 5) is 0. The lowest BCUT2D eigenvalue weighted by Crippen LogP contribution is -2.38. The second kappa shape index (κ2) is 6.95. The van der Waals surface area contributed by atoms with Gasteiger partial charge in [0.2, 0.25) is 0 Å². The molecule has 0 aromatic rings. The summed E-state index contributed by atoms with van der Waals surface area (Å²) in [6, 6.07) is 0. The van der Waals surface area contributed by atoms with Crippen LogP contribution in [0.1, 0.15) is 72.6 Å². The second-order valence-corrected chi connectivity index (χ2v) is 7.49. The monoisotopic (exact) mass is 262 g/mol. The summed E-state index contributed by atoms with van der Waals surface area (Å²) in [5.41, 5.74) is 0. The molecule has 2 saturated carbocycles. The van der Waals surface area contributed by atoms with Crippen molar-refractivity contribution in [3.63, 3.8) is 0 Å². The molecule has 0 spiro atoms. The van der Waals surface area contributed by atoms with Crippen LogP contribution < -0.4 is 0 Å². The third-order valence-corrected chi connectivity index (χ3v) is 6.17. The SMILES string of the molecule is C/C=C\C1C(C)CCC(C)C1C1CCCCCC1C. The standard InChI is InChI=1S/C19H34/c1-5-9-17-15(3)12-13-16(4)19(17)18-11-8-6-7-10-14(18)2/h5,9,14-19H,6-8,10-13H2,1-4H3/b9-5-. The van der Waals surface area contributed by atoms with Gasteiger partial charge in [-0.3, -0.25) is 0 Å². The summed E-state index contributed by atoms with van der Waals surface area (Å²) in [6.07, 6.45) is 15.2. The Balaban J connectivity index is 2.20. The molecule has 0 heterocycles. The molecule has 0 amide bonds. The fourth-order valence-corrected chi connectivity index (χ4v) is 5.01. The van der Waals surface area contributed by atoms with E-state index in [0.717, 1.165) is 35.5 Å². The Labute approximate surface area is 121 Å².